The molecule has 0 saturated carbocycles. The molecular weight excluding hydrogens is 261 g/mol. The third-order valence-electron chi connectivity index (χ3n) is 2.09. The molecule has 0 aliphatic rings. The van der Waals surface area contributed by atoms with E-state index in [4.69, 9.17) is 5.73 Å². The second-order valence-corrected chi connectivity index (χ2v) is 3.91. The predicted molar refractivity (Wildman–Crippen MR) is 59.1 cm³/mol. The van der Waals surface area contributed by atoms with Crippen LogP contribution in [0.3, 0.4) is 0 Å². The Morgan fingerprint density at radius 2 is 2.27 bits per heavy atom. The van der Waals surface area contributed by atoms with Crippen LogP contribution in [-0.4, -0.2) is 9.55 Å². The Balaban J connectivity index is 2.54. The maximum absolute atomic E-state index is 12.9. The smallest absolute Gasteiger partial charge is 0.124 e. The van der Waals surface area contributed by atoms with Gasteiger partial charge in [-0.15, -0.1) is 0 Å². The number of benzene rings is 1. The highest BCUT2D eigenvalue weighted by atomic mass is 79.9. The van der Waals surface area contributed by atoms with Gasteiger partial charge in [0.2, 0.25) is 0 Å². The molecule has 0 unspecified atom stereocenters. The Morgan fingerprint density at radius 1 is 1.47 bits per heavy atom. The summed E-state index contributed by atoms with van der Waals surface area (Å²) in [6, 6.07) is 4.50. The molecule has 2 N–H and O–H groups in total. The fraction of sp³-hybridized carbons (Fsp3) is 0.100. The first-order chi connectivity index (χ1) is 7.22. The van der Waals surface area contributed by atoms with Crippen LogP contribution < -0.4 is 5.73 Å². The molecule has 0 spiro atoms. The maximum atomic E-state index is 12.9. The van der Waals surface area contributed by atoms with Crippen LogP contribution in [0, 0.1) is 5.82 Å². The number of nitrogens with two attached hydrogens (primary N) is 1. The number of aromatic nitrogens is 2. The lowest BCUT2D eigenvalue weighted by Gasteiger charge is -2.08. The first-order valence-electron chi connectivity index (χ1n) is 4.39. The van der Waals surface area contributed by atoms with Crippen LogP contribution in [0.1, 0.15) is 5.69 Å². The highest BCUT2D eigenvalue weighted by Crippen LogP contribution is 2.23. The molecule has 2 aromatic rings. The Kier molecular flexibility index (Phi) is 2.83. The van der Waals surface area contributed by atoms with Gasteiger partial charge in [-0.25, -0.2) is 9.37 Å². The fourth-order valence-electron chi connectivity index (χ4n) is 1.37. The van der Waals surface area contributed by atoms with Gasteiger partial charge >= 0.3 is 0 Å². The first-order valence-corrected chi connectivity index (χ1v) is 5.18. The second kappa shape index (κ2) is 4.12. The first kappa shape index (κ1) is 10.3. The number of nitrogens with zero attached hydrogens (tertiary/aromatic N) is 2. The zero-order valence-corrected chi connectivity index (χ0v) is 9.41. The van der Waals surface area contributed by atoms with E-state index in [2.05, 4.69) is 20.9 Å². The Hall–Kier alpha value is -1.20. The number of hydrogen-bond acceptors (Lipinski definition) is 2. The van der Waals surface area contributed by atoms with E-state index in [0.717, 1.165) is 11.4 Å². The standard InChI is InChI=1S/C10H9BrFN3/c11-9-3-7(12)1-2-10(9)15-6-14-5-8(15)4-13/h1-3,5-6H,4,13H2. The van der Waals surface area contributed by atoms with Crippen molar-refractivity contribution in [2.45, 2.75) is 6.54 Å². The molecule has 0 aliphatic carbocycles. The molecule has 0 fully saturated rings. The summed E-state index contributed by atoms with van der Waals surface area (Å²) >= 11 is 3.30. The monoisotopic (exact) mass is 269 g/mol. The highest BCUT2D eigenvalue weighted by Gasteiger charge is 2.07. The highest BCUT2D eigenvalue weighted by molar-refractivity contribution is 9.10. The molecule has 1 aromatic carbocycles. The number of rotatable bonds is 2. The van der Waals surface area contributed by atoms with Crippen molar-refractivity contribution in [2.75, 3.05) is 0 Å². The molecular formula is C10H9BrFN3. The molecule has 0 bridgehead atoms. The molecule has 3 nitrogen and oxygen atoms in total. The van der Waals surface area contributed by atoms with Crippen LogP contribution >= 0.6 is 15.9 Å². The maximum Gasteiger partial charge on any atom is 0.124 e. The molecule has 5 heteroatoms. The van der Waals surface area contributed by atoms with Crippen molar-refractivity contribution in [2.24, 2.45) is 5.73 Å². The third kappa shape index (κ3) is 1.93. The van der Waals surface area contributed by atoms with Gasteiger partial charge in [-0.1, -0.05) is 0 Å². The van der Waals surface area contributed by atoms with E-state index < -0.39 is 0 Å². The van der Waals surface area contributed by atoms with Gasteiger partial charge in [0, 0.05) is 17.2 Å². The molecule has 78 valence electrons. The van der Waals surface area contributed by atoms with Crippen molar-refractivity contribution in [3.05, 3.63) is 46.7 Å². The number of imidazole rings is 1. The minimum absolute atomic E-state index is 0.278. The molecule has 0 amide bonds. The van der Waals surface area contributed by atoms with Crippen molar-refractivity contribution in [1.82, 2.24) is 9.55 Å². The third-order valence-corrected chi connectivity index (χ3v) is 2.73. The summed E-state index contributed by atoms with van der Waals surface area (Å²) < 4.78 is 15.4. The quantitative estimate of drug-likeness (QED) is 0.909. The van der Waals surface area contributed by atoms with Crippen LogP contribution in [-0.2, 0) is 6.54 Å². The zero-order chi connectivity index (χ0) is 10.8. The van der Waals surface area contributed by atoms with Crippen LogP contribution in [0.5, 0.6) is 0 Å². The molecule has 1 heterocycles. The van der Waals surface area contributed by atoms with E-state index in [1.807, 2.05) is 4.57 Å². The van der Waals surface area contributed by atoms with E-state index >= 15 is 0 Å². The minimum Gasteiger partial charge on any atom is -0.325 e. The molecule has 1 aromatic heterocycles. The van der Waals surface area contributed by atoms with E-state index in [1.54, 1.807) is 18.6 Å². The molecule has 0 atom stereocenters. The molecule has 2 rings (SSSR count). The molecule has 0 radical (unpaired) electrons. The summed E-state index contributed by atoms with van der Waals surface area (Å²) in [5.74, 6) is -0.278. The lowest BCUT2D eigenvalue weighted by atomic mass is 10.3. The average Bonchev–Trinajstić information content (AvgIpc) is 2.65. The summed E-state index contributed by atoms with van der Waals surface area (Å²) in [7, 11) is 0. The lowest BCUT2D eigenvalue weighted by molar-refractivity contribution is 0.626. The van der Waals surface area contributed by atoms with Gasteiger partial charge in [0.15, 0.2) is 0 Å². The van der Waals surface area contributed by atoms with E-state index in [0.29, 0.717) is 11.0 Å². The van der Waals surface area contributed by atoms with Gasteiger partial charge in [0.05, 0.1) is 17.7 Å². The van der Waals surface area contributed by atoms with E-state index in [1.165, 1.54) is 12.1 Å². The molecule has 0 aliphatic heterocycles. The largest absolute Gasteiger partial charge is 0.325 e. The number of halogens is 2. The molecule has 15 heavy (non-hydrogen) atoms. The van der Waals surface area contributed by atoms with Gasteiger partial charge in [0.25, 0.3) is 0 Å². The zero-order valence-electron chi connectivity index (χ0n) is 7.82. The molecule has 0 saturated heterocycles. The van der Waals surface area contributed by atoms with Crippen LogP contribution in [0.2, 0.25) is 0 Å². The van der Waals surface area contributed by atoms with Gasteiger partial charge in [-0.3, -0.25) is 0 Å². The van der Waals surface area contributed by atoms with Gasteiger partial charge in [-0.05, 0) is 34.1 Å². The van der Waals surface area contributed by atoms with E-state index in [-0.39, 0.29) is 5.82 Å². The summed E-state index contributed by atoms with van der Waals surface area (Å²) in [6.07, 6.45) is 3.34. The van der Waals surface area contributed by atoms with Crippen molar-refractivity contribution < 1.29 is 4.39 Å². The van der Waals surface area contributed by atoms with Crippen molar-refractivity contribution in [1.29, 1.82) is 0 Å². The minimum atomic E-state index is -0.278. The van der Waals surface area contributed by atoms with Crippen molar-refractivity contribution in [3.8, 4) is 5.69 Å². The van der Waals surface area contributed by atoms with Crippen LogP contribution in [0.15, 0.2) is 35.2 Å². The topological polar surface area (TPSA) is 43.8 Å². The second-order valence-electron chi connectivity index (χ2n) is 3.05. The van der Waals surface area contributed by atoms with Crippen molar-refractivity contribution >= 4 is 15.9 Å². The Bertz CT molecular complexity index is 481. The number of hydrogen-bond donors (Lipinski definition) is 1. The van der Waals surface area contributed by atoms with Crippen molar-refractivity contribution in [3.63, 3.8) is 0 Å². The summed E-state index contributed by atoms with van der Waals surface area (Å²) in [4.78, 5) is 4.00. The Morgan fingerprint density at radius 3 is 2.93 bits per heavy atom. The normalized spacial score (nSPS) is 10.6. The Labute approximate surface area is 94.9 Å². The SMILES string of the molecule is NCc1cncn1-c1ccc(F)cc1Br. The summed E-state index contributed by atoms with van der Waals surface area (Å²) in [5.41, 5.74) is 7.27. The van der Waals surface area contributed by atoms with E-state index in [9.17, 15) is 4.39 Å². The van der Waals surface area contributed by atoms with Gasteiger partial charge < -0.3 is 10.3 Å². The van der Waals surface area contributed by atoms with Crippen LogP contribution in [0.25, 0.3) is 5.69 Å². The van der Waals surface area contributed by atoms with Gasteiger partial charge in [-0.2, -0.15) is 0 Å². The lowest BCUT2D eigenvalue weighted by Crippen LogP contribution is -2.05. The fourth-order valence-corrected chi connectivity index (χ4v) is 1.91. The summed E-state index contributed by atoms with van der Waals surface area (Å²) in [6.45, 7) is 0.393. The summed E-state index contributed by atoms with van der Waals surface area (Å²) in [5, 5.41) is 0. The predicted octanol–water partition coefficient (Wildman–Crippen LogP) is 2.23. The van der Waals surface area contributed by atoms with Gasteiger partial charge in [0.1, 0.15) is 5.82 Å². The average molecular weight is 270 g/mol. The van der Waals surface area contributed by atoms with Crippen LogP contribution in [0.4, 0.5) is 4.39 Å².